The molecule has 0 aliphatic carbocycles. The van der Waals surface area contributed by atoms with E-state index in [1.807, 2.05) is 6.92 Å². The highest BCUT2D eigenvalue weighted by Crippen LogP contribution is 2.51. The van der Waals surface area contributed by atoms with Crippen LogP contribution in [-0.4, -0.2) is 24.0 Å². The third kappa shape index (κ3) is 3.01. The van der Waals surface area contributed by atoms with E-state index >= 15 is 0 Å². The Morgan fingerprint density at radius 3 is 2.27 bits per heavy atom. The summed E-state index contributed by atoms with van der Waals surface area (Å²) in [5.41, 5.74) is 0. The van der Waals surface area contributed by atoms with Crippen molar-refractivity contribution in [2.75, 3.05) is 0 Å². The van der Waals surface area contributed by atoms with Gasteiger partial charge in [-0.05, 0) is 11.6 Å². The number of aromatic nitrogens is 4. The number of hydrogen-bond donors (Lipinski definition) is 0. The van der Waals surface area contributed by atoms with Gasteiger partial charge in [0.15, 0.2) is 0 Å². The molecule has 0 saturated carbocycles. The topological polar surface area (TPSA) is 43.6 Å². The summed E-state index contributed by atoms with van der Waals surface area (Å²) in [6.45, 7) is 2.56. The van der Waals surface area contributed by atoms with E-state index in [-0.39, 0.29) is 5.82 Å². The second-order valence-electron chi connectivity index (χ2n) is 2.78. The van der Waals surface area contributed by atoms with Crippen LogP contribution in [0.15, 0.2) is 0 Å². The van der Waals surface area contributed by atoms with Gasteiger partial charge in [0.2, 0.25) is 14.0 Å². The van der Waals surface area contributed by atoms with Crippen LogP contribution in [0, 0.1) is 0 Å². The van der Waals surface area contributed by atoms with Gasteiger partial charge in [-0.3, -0.25) is 0 Å². The lowest BCUT2D eigenvalue weighted by atomic mass is 10.4. The van der Waals surface area contributed by atoms with E-state index in [1.165, 1.54) is 4.80 Å². The minimum absolute atomic E-state index is 0.0284. The molecule has 0 spiro atoms. The highest BCUT2D eigenvalue weighted by atomic mass is 35.6. The summed E-state index contributed by atoms with van der Waals surface area (Å²) in [6, 6.07) is 0. The molecule has 0 fully saturated rings. The number of rotatable bonds is 3. The molecule has 0 bridgehead atoms. The standard InChI is InChI=1S/C6H7Cl5N4/c1-2-3-15-13-4(12-14-15)5(7,8)6(9,10)11/h2-3H2,1H3. The van der Waals surface area contributed by atoms with Crippen LogP contribution in [0.3, 0.4) is 0 Å². The van der Waals surface area contributed by atoms with E-state index in [0.717, 1.165) is 6.42 Å². The maximum absolute atomic E-state index is 5.84. The molecule has 1 aromatic rings. The van der Waals surface area contributed by atoms with Gasteiger partial charge in [-0.1, -0.05) is 64.9 Å². The number of tetrazole rings is 1. The van der Waals surface area contributed by atoms with Crippen LogP contribution in [0.5, 0.6) is 0 Å². The van der Waals surface area contributed by atoms with Crippen LogP contribution in [0.1, 0.15) is 19.2 Å². The summed E-state index contributed by atoms with van der Waals surface area (Å²) in [6.07, 6.45) is 0.848. The molecule has 0 aliphatic heterocycles. The second-order valence-corrected chi connectivity index (χ2v) is 6.39. The van der Waals surface area contributed by atoms with Crippen molar-refractivity contribution in [3.8, 4) is 0 Å². The molecule has 1 rings (SSSR count). The van der Waals surface area contributed by atoms with Crippen molar-refractivity contribution in [1.29, 1.82) is 0 Å². The predicted octanol–water partition coefficient (Wildman–Crippen LogP) is 3.08. The summed E-state index contributed by atoms with van der Waals surface area (Å²) in [5, 5.41) is 11.3. The van der Waals surface area contributed by atoms with Crippen LogP contribution in [-0.2, 0) is 10.9 Å². The van der Waals surface area contributed by atoms with E-state index in [0.29, 0.717) is 6.54 Å². The summed E-state index contributed by atoms with van der Waals surface area (Å²) in [7, 11) is 0. The van der Waals surface area contributed by atoms with E-state index in [4.69, 9.17) is 58.0 Å². The number of nitrogens with zero attached hydrogens (tertiary/aromatic N) is 4. The van der Waals surface area contributed by atoms with Crippen LogP contribution < -0.4 is 0 Å². The Hall–Kier alpha value is 0.520. The zero-order valence-corrected chi connectivity index (χ0v) is 11.4. The van der Waals surface area contributed by atoms with E-state index in [1.54, 1.807) is 0 Å². The van der Waals surface area contributed by atoms with Gasteiger partial charge in [-0.15, -0.1) is 10.2 Å². The van der Waals surface area contributed by atoms with E-state index < -0.39 is 8.13 Å². The van der Waals surface area contributed by atoms with Gasteiger partial charge in [0.05, 0.1) is 6.54 Å². The fourth-order valence-electron chi connectivity index (χ4n) is 0.790. The molecule has 0 aliphatic rings. The summed E-state index contributed by atoms with van der Waals surface area (Å²) < 4.78 is -3.74. The third-order valence-electron chi connectivity index (χ3n) is 1.51. The zero-order valence-electron chi connectivity index (χ0n) is 7.59. The molecule has 9 heteroatoms. The molecule has 0 radical (unpaired) electrons. The van der Waals surface area contributed by atoms with Crippen molar-refractivity contribution in [2.45, 2.75) is 28.0 Å². The van der Waals surface area contributed by atoms with Gasteiger partial charge in [-0.25, -0.2) is 0 Å². The number of halogens is 5. The molecule has 0 amide bonds. The SMILES string of the molecule is CCCn1nnc(C(Cl)(Cl)C(Cl)(Cl)Cl)n1. The highest BCUT2D eigenvalue weighted by molar-refractivity contribution is 6.75. The Kier molecular flexibility index (Phi) is 4.35. The van der Waals surface area contributed by atoms with Crippen molar-refractivity contribution in [3.05, 3.63) is 5.82 Å². The Bertz CT molecular complexity index is 331. The van der Waals surface area contributed by atoms with Crippen LogP contribution in [0.2, 0.25) is 0 Å². The van der Waals surface area contributed by atoms with Crippen molar-refractivity contribution >= 4 is 58.0 Å². The van der Waals surface area contributed by atoms with Gasteiger partial charge in [0, 0.05) is 0 Å². The highest BCUT2D eigenvalue weighted by Gasteiger charge is 2.51. The van der Waals surface area contributed by atoms with Gasteiger partial charge < -0.3 is 0 Å². The smallest absolute Gasteiger partial charge is 0.164 e. The van der Waals surface area contributed by atoms with Crippen LogP contribution in [0.25, 0.3) is 0 Å². The lowest BCUT2D eigenvalue weighted by Gasteiger charge is -2.23. The molecule has 0 unspecified atom stereocenters. The average molecular weight is 312 g/mol. The summed E-state index contributed by atoms with van der Waals surface area (Å²) >= 11 is 28.5. The Morgan fingerprint density at radius 1 is 1.20 bits per heavy atom. The molecule has 0 saturated heterocycles. The second kappa shape index (κ2) is 4.80. The molecule has 1 aromatic heterocycles. The first-order valence-corrected chi connectivity index (χ1v) is 5.91. The van der Waals surface area contributed by atoms with E-state index in [9.17, 15) is 0 Å². The first kappa shape index (κ1) is 13.6. The molecule has 0 N–H and O–H groups in total. The first-order valence-electron chi connectivity index (χ1n) is 4.02. The van der Waals surface area contributed by atoms with Crippen LogP contribution in [0.4, 0.5) is 0 Å². The van der Waals surface area contributed by atoms with Gasteiger partial charge in [-0.2, -0.15) is 4.80 Å². The fraction of sp³-hybridized carbons (Fsp3) is 0.833. The van der Waals surface area contributed by atoms with Crippen LogP contribution >= 0.6 is 58.0 Å². The normalized spacial score (nSPS) is 13.2. The third-order valence-corrected chi connectivity index (χ3v) is 3.85. The number of aryl methyl sites for hydroxylation is 1. The number of alkyl halides is 5. The maximum atomic E-state index is 5.84. The van der Waals surface area contributed by atoms with Crippen molar-refractivity contribution in [3.63, 3.8) is 0 Å². The molecule has 86 valence electrons. The Labute approximate surface area is 112 Å². The molecular weight excluding hydrogens is 305 g/mol. The van der Waals surface area contributed by atoms with Gasteiger partial charge in [0.1, 0.15) is 0 Å². The van der Waals surface area contributed by atoms with Gasteiger partial charge in [0.25, 0.3) is 0 Å². The minimum Gasteiger partial charge on any atom is -0.164 e. The lowest BCUT2D eigenvalue weighted by Crippen LogP contribution is -2.29. The quantitative estimate of drug-likeness (QED) is 0.806. The minimum atomic E-state index is -1.92. The lowest BCUT2D eigenvalue weighted by molar-refractivity contribution is 0.512. The molecular formula is C6H7Cl5N4. The van der Waals surface area contributed by atoms with Crippen molar-refractivity contribution in [1.82, 2.24) is 20.2 Å². The predicted molar refractivity (Wildman–Crippen MR) is 61.8 cm³/mol. The largest absolute Gasteiger partial charge is 0.230 e. The molecule has 1 heterocycles. The monoisotopic (exact) mass is 310 g/mol. The Balaban J connectivity index is 2.95. The van der Waals surface area contributed by atoms with Crippen molar-refractivity contribution in [2.24, 2.45) is 0 Å². The maximum Gasteiger partial charge on any atom is 0.230 e. The number of hydrogen-bond acceptors (Lipinski definition) is 3. The Morgan fingerprint density at radius 2 is 1.80 bits per heavy atom. The first-order chi connectivity index (χ1) is 6.79. The molecule has 4 nitrogen and oxygen atoms in total. The average Bonchev–Trinajstić information content (AvgIpc) is 2.51. The summed E-state index contributed by atoms with van der Waals surface area (Å²) in [5.74, 6) is -0.0284. The van der Waals surface area contributed by atoms with Gasteiger partial charge >= 0.3 is 0 Å². The summed E-state index contributed by atoms with van der Waals surface area (Å²) in [4.78, 5) is 1.34. The molecule has 15 heavy (non-hydrogen) atoms. The molecule has 0 atom stereocenters. The van der Waals surface area contributed by atoms with Crippen molar-refractivity contribution < 1.29 is 0 Å². The van der Waals surface area contributed by atoms with E-state index in [2.05, 4.69) is 15.4 Å². The zero-order chi connectivity index (χ0) is 11.7. The molecule has 0 aromatic carbocycles. The fourth-order valence-corrected chi connectivity index (χ4v) is 1.20.